The van der Waals surface area contributed by atoms with Gasteiger partial charge in [0.1, 0.15) is 0 Å². The molecular weight excluding hydrogens is 472 g/mol. The van der Waals surface area contributed by atoms with Crippen molar-refractivity contribution >= 4 is 24.1 Å². The van der Waals surface area contributed by atoms with E-state index in [4.69, 9.17) is 28.4 Å². The van der Waals surface area contributed by atoms with E-state index in [0.29, 0.717) is 11.1 Å². The second-order valence-corrected chi connectivity index (χ2v) is 7.11. The summed E-state index contributed by atoms with van der Waals surface area (Å²) >= 11 is 0. The van der Waals surface area contributed by atoms with Gasteiger partial charge in [0.25, 0.3) is 0 Å². The summed E-state index contributed by atoms with van der Waals surface area (Å²) in [6, 6.07) is 5.86. The second-order valence-electron chi connectivity index (χ2n) is 7.11. The Morgan fingerprint density at radius 3 is 1.14 bits per heavy atom. The van der Waals surface area contributed by atoms with E-state index < -0.39 is 11.9 Å². The van der Waals surface area contributed by atoms with Crippen molar-refractivity contribution in [2.75, 3.05) is 41.7 Å². The Kier molecular flexibility index (Phi) is 10.0. The van der Waals surface area contributed by atoms with Crippen molar-refractivity contribution in [3.8, 4) is 34.5 Å². The van der Waals surface area contributed by atoms with Crippen LogP contribution in [0.1, 0.15) is 25.0 Å². The molecule has 0 radical (unpaired) electrons. The number of phenolic OH excluding ortho intramolecular Hbond substituents is 2. The van der Waals surface area contributed by atoms with Gasteiger partial charge in [0, 0.05) is 0 Å². The van der Waals surface area contributed by atoms with E-state index in [1.165, 1.54) is 64.9 Å². The van der Waals surface area contributed by atoms with Gasteiger partial charge in [-0.3, -0.25) is 0 Å². The first-order valence-electron chi connectivity index (χ1n) is 10.9. The Bertz CT molecular complexity index is 1020. The molecule has 0 spiro atoms. The molecule has 0 unspecified atom stereocenters. The van der Waals surface area contributed by atoms with E-state index in [9.17, 15) is 19.8 Å². The molecular formula is C26H30O10. The van der Waals surface area contributed by atoms with Crippen molar-refractivity contribution < 1.29 is 48.2 Å². The molecule has 194 valence electrons. The third-order valence-electron chi connectivity index (χ3n) is 4.91. The number of carbonyl (C=O) groups excluding carboxylic acids is 2. The van der Waals surface area contributed by atoms with Crippen LogP contribution in [0.3, 0.4) is 0 Å². The molecule has 0 saturated heterocycles. The van der Waals surface area contributed by atoms with Crippen molar-refractivity contribution in [3.63, 3.8) is 0 Å². The number of hydrogen-bond donors (Lipinski definition) is 2. The van der Waals surface area contributed by atoms with Gasteiger partial charge in [-0.2, -0.15) is 0 Å². The Hall–Kier alpha value is -4.34. The van der Waals surface area contributed by atoms with E-state index in [2.05, 4.69) is 0 Å². The van der Waals surface area contributed by atoms with Crippen molar-refractivity contribution in [1.29, 1.82) is 0 Å². The number of carbonyl (C=O) groups is 2. The van der Waals surface area contributed by atoms with E-state index in [0.717, 1.165) is 0 Å². The molecule has 0 aliphatic carbocycles. The number of hydrogen-bond acceptors (Lipinski definition) is 10. The zero-order valence-corrected chi connectivity index (χ0v) is 21.0. The van der Waals surface area contributed by atoms with E-state index >= 15 is 0 Å². The van der Waals surface area contributed by atoms with E-state index in [1.54, 1.807) is 13.8 Å². The summed E-state index contributed by atoms with van der Waals surface area (Å²) in [6.45, 7) is 3.36. The molecule has 0 saturated carbocycles. The van der Waals surface area contributed by atoms with Crippen molar-refractivity contribution in [3.05, 3.63) is 46.5 Å². The first-order valence-corrected chi connectivity index (χ1v) is 10.9. The molecule has 0 heterocycles. The summed E-state index contributed by atoms with van der Waals surface area (Å²) in [7, 11) is 5.46. The maximum absolute atomic E-state index is 13.0. The molecule has 0 aliphatic heterocycles. The lowest BCUT2D eigenvalue weighted by atomic mass is 9.99. The fourth-order valence-electron chi connectivity index (χ4n) is 3.24. The van der Waals surface area contributed by atoms with Gasteiger partial charge in [0.2, 0.25) is 11.5 Å². The summed E-state index contributed by atoms with van der Waals surface area (Å²) in [5, 5.41) is 20.5. The maximum atomic E-state index is 13.0. The summed E-state index contributed by atoms with van der Waals surface area (Å²) in [4.78, 5) is 26.0. The fraction of sp³-hybridized carbons (Fsp3) is 0.308. The minimum atomic E-state index is -0.791. The van der Waals surface area contributed by atoms with Crippen LogP contribution >= 0.6 is 0 Å². The average molecular weight is 503 g/mol. The molecule has 2 aromatic rings. The molecule has 2 N–H and O–H groups in total. The quantitative estimate of drug-likeness (QED) is 0.266. The van der Waals surface area contributed by atoms with E-state index in [1.807, 2.05) is 0 Å². The van der Waals surface area contributed by atoms with Crippen LogP contribution in [0.4, 0.5) is 0 Å². The number of benzene rings is 2. The van der Waals surface area contributed by atoms with Crippen molar-refractivity contribution in [2.24, 2.45) is 0 Å². The monoisotopic (exact) mass is 502 g/mol. The van der Waals surface area contributed by atoms with Crippen LogP contribution in [0, 0.1) is 0 Å². The summed E-state index contributed by atoms with van der Waals surface area (Å²) in [6.07, 6.45) is 2.78. The smallest absolute Gasteiger partial charge is 0.339 e. The first kappa shape index (κ1) is 27.9. The second kappa shape index (κ2) is 12.9. The minimum Gasteiger partial charge on any atom is -0.502 e. The van der Waals surface area contributed by atoms with Crippen LogP contribution in [-0.2, 0) is 19.1 Å². The minimum absolute atomic E-state index is 0.0509. The molecule has 0 bridgehead atoms. The molecule has 0 aromatic heterocycles. The molecule has 0 atom stereocenters. The molecule has 0 aliphatic rings. The Morgan fingerprint density at radius 2 is 0.917 bits per heavy atom. The predicted molar refractivity (Wildman–Crippen MR) is 132 cm³/mol. The normalized spacial score (nSPS) is 11.5. The number of rotatable bonds is 11. The van der Waals surface area contributed by atoms with Gasteiger partial charge in [-0.25, -0.2) is 9.59 Å². The molecule has 2 aromatic carbocycles. The fourth-order valence-corrected chi connectivity index (χ4v) is 3.24. The van der Waals surface area contributed by atoms with Gasteiger partial charge in [-0.05, 0) is 61.4 Å². The predicted octanol–water partition coefficient (Wildman–Crippen LogP) is 3.73. The SMILES string of the molecule is CCOC(=O)C(=C\c1cc(OC)c(O)c(OC)c1)/C(=C/c1cc(OC)c(O)c(OC)c1)C(=O)OCC. The molecule has 36 heavy (non-hydrogen) atoms. The third kappa shape index (κ3) is 6.41. The number of phenols is 2. The van der Waals surface area contributed by atoms with Crippen LogP contribution in [0.5, 0.6) is 34.5 Å². The summed E-state index contributed by atoms with van der Waals surface area (Å²) in [5.41, 5.74) is 0.494. The zero-order chi connectivity index (χ0) is 26.8. The summed E-state index contributed by atoms with van der Waals surface area (Å²) < 4.78 is 31.2. The third-order valence-corrected chi connectivity index (χ3v) is 4.91. The van der Waals surface area contributed by atoms with Crippen molar-refractivity contribution in [1.82, 2.24) is 0 Å². The lowest BCUT2D eigenvalue weighted by Gasteiger charge is -2.14. The zero-order valence-electron chi connectivity index (χ0n) is 21.0. The van der Waals surface area contributed by atoms with Gasteiger partial charge in [0.15, 0.2) is 23.0 Å². The molecule has 0 fully saturated rings. The van der Waals surface area contributed by atoms with Gasteiger partial charge in [0.05, 0.1) is 52.8 Å². The lowest BCUT2D eigenvalue weighted by Crippen LogP contribution is -2.17. The van der Waals surface area contributed by atoms with Crippen LogP contribution in [-0.4, -0.2) is 63.8 Å². The highest BCUT2D eigenvalue weighted by Gasteiger charge is 2.25. The summed E-state index contributed by atoms with van der Waals surface area (Å²) in [5.74, 6) is -1.64. The van der Waals surface area contributed by atoms with Gasteiger partial charge < -0.3 is 38.6 Å². The molecule has 0 amide bonds. The number of methoxy groups -OCH3 is 4. The number of ether oxygens (including phenoxy) is 6. The highest BCUT2D eigenvalue weighted by Crippen LogP contribution is 2.39. The average Bonchev–Trinajstić information content (AvgIpc) is 2.87. The molecule has 10 heteroatoms. The topological polar surface area (TPSA) is 130 Å². The first-order chi connectivity index (χ1) is 17.2. The van der Waals surface area contributed by atoms with Gasteiger partial charge in [-0.1, -0.05) is 0 Å². The van der Waals surface area contributed by atoms with Crippen LogP contribution in [0.25, 0.3) is 12.2 Å². The Morgan fingerprint density at radius 1 is 0.639 bits per heavy atom. The molecule has 10 nitrogen and oxygen atoms in total. The Labute approximate surface area is 209 Å². The number of aromatic hydroxyl groups is 2. The lowest BCUT2D eigenvalue weighted by molar-refractivity contribution is -0.141. The highest BCUT2D eigenvalue weighted by atomic mass is 16.5. The standard InChI is InChI=1S/C26H30O10/c1-7-35-25(29)17(9-15-11-19(31-3)23(27)20(12-15)32-4)18(26(30)36-8-2)10-16-13-21(33-5)24(28)22(14-16)34-6/h9-14,27-28H,7-8H2,1-6H3/b17-9-,18-10-. The Balaban J connectivity index is 2.84. The largest absolute Gasteiger partial charge is 0.502 e. The highest BCUT2D eigenvalue weighted by molar-refractivity contribution is 6.12. The number of esters is 2. The van der Waals surface area contributed by atoms with Crippen molar-refractivity contribution in [2.45, 2.75) is 13.8 Å². The van der Waals surface area contributed by atoms with Gasteiger partial charge in [-0.15, -0.1) is 0 Å². The van der Waals surface area contributed by atoms with Crippen LogP contribution in [0.2, 0.25) is 0 Å². The van der Waals surface area contributed by atoms with E-state index in [-0.39, 0.29) is 58.9 Å². The maximum Gasteiger partial charge on any atom is 0.339 e. The van der Waals surface area contributed by atoms with Crippen LogP contribution < -0.4 is 18.9 Å². The van der Waals surface area contributed by atoms with Crippen LogP contribution in [0.15, 0.2) is 35.4 Å². The molecule has 2 rings (SSSR count). The van der Waals surface area contributed by atoms with Gasteiger partial charge >= 0.3 is 11.9 Å².